The van der Waals surface area contributed by atoms with Gasteiger partial charge in [0.1, 0.15) is 5.75 Å². The van der Waals surface area contributed by atoms with Crippen molar-refractivity contribution < 1.29 is 14.7 Å². The maximum atomic E-state index is 13.1. The molecule has 0 spiro atoms. The van der Waals surface area contributed by atoms with Crippen molar-refractivity contribution in [2.45, 2.75) is 6.54 Å². The van der Waals surface area contributed by atoms with Crippen LogP contribution in [0, 0.1) is 0 Å². The van der Waals surface area contributed by atoms with Gasteiger partial charge in [-0.3, -0.25) is 14.5 Å². The molecular formula is C23H15NO3. The fraction of sp³-hybridized carbons (Fsp3) is 0.0435. The average molecular weight is 353 g/mol. The lowest BCUT2D eigenvalue weighted by Gasteiger charge is -2.13. The van der Waals surface area contributed by atoms with Crippen LogP contribution in [-0.4, -0.2) is 21.8 Å². The van der Waals surface area contributed by atoms with Crippen LogP contribution in [0.3, 0.4) is 0 Å². The molecule has 27 heavy (non-hydrogen) atoms. The van der Waals surface area contributed by atoms with Crippen molar-refractivity contribution in [1.29, 1.82) is 0 Å². The van der Waals surface area contributed by atoms with E-state index < -0.39 is 0 Å². The van der Waals surface area contributed by atoms with E-state index in [1.165, 1.54) is 4.90 Å². The Hall–Kier alpha value is -3.66. The Balaban J connectivity index is 1.71. The van der Waals surface area contributed by atoms with Crippen LogP contribution >= 0.6 is 0 Å². The van der Waals surface area contributed by atoms with Crippen molar-refractivity contribution in [3.8, 4) is 5.75 Å². The number of fused-ring (bicyclic) bond motifs is 5. The van der Waals surface area contributed by atoms with Crippen molar-refractivity contribution in [2.24, 2.45) is 0 Å². The molecule has 0 saturated heterocycles. The summed E-state index contributed by atoms with van der Waals surface area (Å²) < 4.78 is 0. The highest BCUT2D eigenvalue weighted by molar-refractivity contribution is 6.28. The minimum Gasteiger partial charge on any atom is -0.507 e. The highest BCUT2D eigenvalue weighted by Crippen LogP contribution is 2.38. The molecule has 0 fully saturated rings. The first kappa shape index (κ1) is 15.6. The Morgan fingerprint density at radius 2 is 1.37 bits per heavy atom. The summed E-state index contributed by atoms with van der Waals surface area (Å²) in [5.41, 5.74) is 1.65. The van der Waals surface area contributed by atoms with Gasteiger partial charge in [0.25, 0.3) is 11.8 Å². The fourth-order valence-corrected chi connectivity index (χ4v) is 3.85. The van der Waals surface area contributed by atoms with Gasteiger partial charge in [-0.05, 0) is 33.9 Å². The minimum atomic E-state index is -0.320. The number of rotatable bonds is 2. The lowest BCUT2D eigenvalue weighted by Crippen LogP contribution is -2.29. The van der Waals surface area contributed by atoms with Crippen LogP contribution in [0.4, 0.5) is 0 Å². The van der Waals surface area contributed by atoms with Crippen molar-refractivity contribution in [3.63, 3.8) is 0 Å². The van der Waals surface area contributed by atoms with Gasteiger partial charge in [0.15, 0.2) is 0 Å². The summed E-state index contributed by atoms with van der Waals surface area (Å²) in [7, 11) is 0. The SMILES string of the molecule is O=C1c2ccc3c(cc(O)c4ccccc43)c2C(=O)N1Cc1ccccc1. The number of amides is 2. The van der Waals surface area contributed by atoms with E-state index in [1.807, 2.05) is 60.7 Å². The molecule has 0 aromatic heterocycles. The van der Waals surface area contributed by atoms with Gasteiger partial charge >= 0.3 is 0 Å². The zero-order chi connectivity index (χ0) is 18.5. The van der Waals surface area contributed by atoms with Gasteiger partial charge in [0, 0.05) is 5.39 Å². The summed E-state index contributed by atoms with van der Waals surface area (Å²) in [6.45, 7) is 0.230. The predicted octanol–water partition coefficient (Wildman–Crippen LogP) is 4.49. The van der Waals surface area contributed by atoms with Gasteiger partial charge in [-0.2, -0.15) is 0 Å². The third-order valence-corrected chi connectivity index (χ3v) is 5.14. The maximum Gasteiger partial charge on any atom is 0.262 e. The number of imide groups is 1. The smallest absolute Gasteiger partial charge is 0.262 e. The van der Waals surface area contributed by atoms with Crippen LogP contribution in [0.1, 0.15) is 26.3 Å². The average Bonchev–Trinajstić information content (AvgIpc) is 2.94. The monoisotopic (exact) mass is 353 g/mol. The lowest BCUT2D eigenvalue weighted by molar-refractivity contribution is 0.0643. The molecule has 0 unspecified atom stereocenters. The molecule has 1 aliphatic heterocycles. The number of hydrogen-bond acceptors (Lipinski definition) is 3. The summed E-state index contributed by atoms with van der Waals surface area (Å²) in [5.74, 6) is -0.513. The molecular weight excluding hydrogens is 338 g/mol. The molecule has 0 saturated carbocycles. The van der Waals surface area contributed by atoms with Crippen molar-refractivity contribution in [1.82, 2.24) is 4.90 Å². The number of benzene rings is 4. The molecule has 4 nitrogen and oxygen atoms in total. The van der Waals surface area contributed by atoms with Crippen molar-refractivity contribution in [2.75, 3.05) is 0 Å². The van der Waals surface area contributed by atoms with E-state index in [-0.39, 0.29) is 24.1 Å². The minimum absolute atomic E-state index is 0.105. The number of phenols is 1. The molecule has 4 aromatic rings. The normalized spacial score (nSPS) is 13.6. The molecule has 0 radical (unpaired) electrons. The summed E-state index contributed by atoms with van der Waals surface area (Å²) in [6, 6.07) is 22.1. The number of carbonyl (C=O) groups is 2. The molecule has 2 amide bonds. The zero-order valence-corrected chi connectivity index (χ0v) is 14.3. The quantitative estimate of drug-likeness (QED) is 0.426. The standard InChI is InChI=1S/C23H15NO3/c25-20-12-19-16(15-8-4-5-9-17(15)20)10-11-18-21(19)23(27)24(22(18)26)13-14-6-2-1-3-7-14/h1-12,25H,13H2. The highest BCUT2D eigenvalue weighted by Gasteiger charge is 2.37. The number of carbonyl (C=O) groups excluding carboxylic acids is 2. The van der Waals surface area contributed by atoms with Gasteiger partial charge < -0.3 is 5.11 Å². The summed E-state index contributed by atoms with van der Waals surface area (Å²) in [6.07, 6.45) is 0. The second-order valence-electron chi connectivity index (χ2n) is 6.71. The van der Waals surface area contributed by atoms with Crippen LogP contribution < -0.4 is 0 Å². The van der Waals surface area contributed by atoms with Gasteiger partial charge in [-0.15, -0.1) is 0 Å². The predicted molar refractivity (Wildman–Crippen MR) is 104 cm³/mol. The van der Waals surface area contributed by atoms with Crippen molar-refractivity contribution >= 4 is 33.4 Å². The summed E-state index contributed by atoms with van der Waals surface area (Å²) >= 11 is 0. The summed E-state index contributed by atoms with van der Waals surface area (Å²) in [4.78, 5) is 27.2. The molecule has 0 atom stereocenters. The number of aromatic hydroxyl groups is 1. The number of nitrogens with zero attached hydrogens (tertiary/aromatic N) is 1. The third kappa shape index (κ3) is 2.23. The van der Waals surface area contributed by atoms with E-state index in [0.29, 0.717) is 16.5 Å². The molecule has 130 valence electrons. The van der Waals surface area contributed by atoms with E-state index in [1.54, 1.807) is 12.1 Å². The van der Waals surface area contributed by atoms with Crippen LogP contribution in [0.5, 0.6) is 5.75 Å². The second-order valence-corrected chi connectivity index (χ2v) is 6.71. The largest absolute Gasteiger partial charge is 0.507 e. The van der Waals surface area contributed by atoms with E-state index >= 15 is 0 Å². The van der Waals surface area contributed by atoms with Crippen LogP contribution in [0.2, 0.25) is 0 Å². The molecule has 1 heterocycles. The van der Waals surface area contributed by atoms with E-state index in [9.17, 15) is 14.7 Å². The van der Waals surface area contributed by atoms with Crippen LogP contribution in [0.25, 0.3) is 21.5 Å². The first-order valence-corrected chi connectivity index (χ1v) is 8.72. The molecule has 1 N–H and O–H groups in total. The van der Waals surface area contributed by atoms with Crippen molar-refractivity contribution in [3.05, 3.63) is 89.5 Å². The first-order valence-electron chi connectivity index (χ1n) is 8.72. The Bertz CT molecular complexity index is 1240. The third-order valence-electron chi connectivity index (χ3n) is 5.14. The fourth-order valence-electron chi connectivity index (χ4n) is 3.85. The summed E-state index contributed by atoms with van der Waals surface area (Å²) in [5, 5.41) is 13.5. The zero-order valence-electron chi connectivity index (χ0n) is 14.3. The molecule has 4 aromatic carbocycles. The second kappa shape index (κ2) is 5.68. The lowest BCUT2D eigenvalue weighted by atomic mass is 9.95. The molecule has 4 heteroatoms. The Labute approximate surface area is 155 Å². The van der Waals surface area contributed by atoms with Gasteiger partial charge in [0.2, 0.25) is 0 Å². The molecule has 0 aliphatic carbocycles. The number of phenolic OH excluding ortho intramolecular Hbond substituents is 1. The number of hydrogen-bond donors (Lipinski definition) is 1. The van der Waals surface area contributed by atoms with Crippen LogP contribution in [-0.2, 0) is 6.54 Å². The topological polar surface area (TPSA) is 57.6 Å². The van der Waals surface area contributed by atoms with E-state index in [4.69, 9.17) is 0 Å². The Morgan fingerprint density at radius 1 is 0.704 bits per heavy atom. The Kier molecular flexibility index (Phi) is 3.28. The van der Waals surface area contributed by atoms with E-state index in [2.05, 4.69) is 0 Å². The van der Waals surface area contributed by atoms with Gasteiger partial charge in [-0.1, -0.05) is 60.7 Å². The van der Waals surface area contributed by atoms with Gasteiger partial charge in [-0.25, -0.2) is 0 Å². The first-order chi connectivity index (χ1) is 13.1. The maximum absolute atomic E-state index is 13.1. The molecule has 1 aliphatic rings. The highest BCUT2D eigenvalue weighted by atomic mass is 16.3. The Morgan fingerprint density at radius 3 is 2.15 bits per heavy atom. The molecule has 0 bridgehead atoms. The van der Waals surface area contributed by atoms with E-state index in [0.717, 1.165) is 21.7 Å². The van der Waals surface area contributed by atoms with Crippen LogP contribution in [0.15, 0.2) is 72.8 Å². The molecule has 5 rings (SSSR count). The van der Waals surface area contributed by atoms with Gasteiger partial charge in [0.05, 0.1) is 17.7 Å².